The molecule has 0 aliphatic heterocycles. The maximum atomic E-state index is 5.64. The molecule has 0 N–H and O–H groups in total. The van der Waals surface area contributed by atoms with Gasteiger partial charge in [-0.1, -0.05) is 49.7 Å². The number of hydrogen-bond donors (Lipinski definition) is 0. The third kappa shape index (κ3) is 4.98. The molecule has 1 rings (SSSR count). The van der Waals surface area contributed by atoms with Gasteiger partial charge < -0.3 is 3.79 Å². The summed E-state index contributed by atoms with van der Waals surface area (Å²) < 4.78 is 5.64. The Kier molecular flexibility index (Phi) is 5.73. The lowest BCUT2D eigenvalue weighted by Gasteiger charge is -2.04. The fourth-order valence-electron chi connectivity index (χ4n) is 1.13. The molecule has 2 heteroatoms. The van der Waals surface area contributed by atoms with Crippen molar-refractivity contribution in [3.63, 3.8) is 0 Å². The first-order chi connectivity index (χ1) is 6.43. The van der Waals surface area contributed by atoms with E-state index >= 15 is 0 Å². The molecule has 0 heterocycles. The summed E-state index contributed by atoms with van der Waals surface area (Å²) in [5.41, 5.74) is 0. The molecule has 0 atom stereocenters. The molecule has 0 spiro atoms. The first-order valence-electron chi connectivity index (χ1n) is 4.97. The average Bonchev–Trinajstić information content (AvgIpc) is 2.19. The van der Waals surface area contributed by atoms with E-state index in [-0.39, 0.29) is 15.6 Å². The monoisotopic (exact) mass is 191 g/mol. The van der Waals surface area contributed by atoms with E-state index in [9.17, 15) is 0 Å². The van der Waals surface area contributed by atoms with E-state index in [2.05, 4.69) is 6.92 Å². The molecule has 1 aromatic carbocycles. The Balaban J connectivity index is 2.07. The Morgan fingerprint density at radius 3 is 2.62 bits per heavy atom. The van der Waals surface area contributed by atoms with Crippen LogP contribution in [0.5, 0.6) is 5.75 Å². The predicted molar refractivity (Wildman–Crippen MR) is 57.2 cm³/mol. The van der Waals surface area contributed by atoms with Gasteiger partial charge in [-0.15, -0.1) is 0 Å². The maximum Gasteiger partial charge on any atom is 0.523 e. The molecule has 0 aromatic heterocycles. The minimum Gasteiger partial charge on any atom is -0.648 e. The minimum absolute atomic E-state index is 0.156. The Bertz CT molecular complexity index is 211. The molecule has 13 heavy (non-hydrogen) atoms. The van der Waals surface area contributed by atoms with E-state index in [0.29, 0.717) is 0 Å². The third-order valence-electron chi connectivity index (χ3n) is 1.89. The molecule has 0 saturated heterocycles. The average molecular weight is 191 g/mol. The SMILES string of the molecule is CCCC[CH2][Al][O]c1ccccc1. The van der Waals surface area contributed by atoms with Crippen molar-refractivity contribution in [3.8, 4) is 5.75 Å². The van der Waals surface area contributed by atoms with Crippen molar-refractivity contribution >= 4 is 15.6 Å². The van der Waals surface area contributed by atoms with Crippen LogP contribution in [0.3, 0.4) is 0 Å². The molecule has 0 unspecified atom stereocenters. The second-order valence-electron chi connectivity index (χ2n) is 3.09. The molecule has 69 valence electrons. The predicted octanol–water partition coefficient (Wildman–Crippen LogP) is 3.29. The summed E-state index contributed by atoms with van der Waals surface area (Å²) in [7, 11) is 0. The summed E-state index contributed by atoms with van der Waals surface area (Å²) in [5.74, 6) is 1.02. The van der Waals surface area contributed by atoms with Crippen molar-refractivity contribution < 1.29 is 3.79 Å². The van der Waals surface area contributed by atoms with Crippen molar-refractivity contribution in [2.24, 2.45) is 0 Å². The first kappa shape index (κ1) is 10.6. The van der Waals surface area contributed by atoms with E-state index < -0.39 is 0 Å². The van der Waals surface area contributed by atoms with Gasteiger partial charge in [-0.3, -0.25) is 0 Å². The summed E-state index contributed by atoms with van der Waals surface area (Å²) in [6.45, 7) is 2.23. The largest absolute Gasteiger partial charge is 0.648 e. The van der Waals surface area contributed by atoms with Gasteiger partial charge >= 0.3 is 15.6 Å². The van der Waals surface area contributed by atoms with Crippen molar-refractivity contribution in [3.05, 3.63) is 30.3 Å². The summed E-state index contributed by atoms with van der Waals surface area (Å²) in [4.78, 5) is 0. The van der Waals surface area contributed by atoms with E-state index in [4.69, 9.17) is 3.79 Å². The number of hydrogen-bond acceptors (Lipinski definition) is 1. The highest BCUT2D eigenvalue weighted by Crippen LogP contribution is 2.08. The number of rotatable bonds is 6. The summed E-state index contributed by atoms with van der Waals surface area (Å²) in [6.07, 6.45) is 3.95. The molecule has 0 amide bonds. The van der Waals surface area contributed by atoms with Crippen LogP contribution in [0.25, 0.3) is 0 Å². The molecular weight excluding hydrogens is 175 g/mol. The van der Waals surface area contributed by atoms with Gasteiger partial charge in [0.2, 0.25) is 0 Å². The van der Waals surface area contributed by atoms with Gasteiger partial charge in [-0.05, 0) is 12.1 Å². The molecule has 1 nitrogen and oxygen atoms in total. The van der Waals surface area contributed by atoms with Gasteiger partial charge in [-0.2, -0.15) is 0 Å². The van der Waals surface area contributed by atoms with Crippen molar-refractivity contribution in [2.75, 3.05) is 0 Å². The van der Waals surface area contributed by atoms with Gasteiger partial charge in [0.05, 0.1) is 5.75 Å². The molecule has 0 aliphatic carbocycles. The lowest BCUT2D eigenvalue weighted by Crippen LogP contribution is -2.00. The molecule has 1 radical (unpaired) electrons. The van der Waals surface area contributed by atoms with E-state index in [1.165, 1.54) is 24.5 Å². The summed E-state index contributed by atoms with van der Waals surface area (Å²) in [6, 6.07) is 10.1. The van der Waals surface area contributed by atoms with E-state index in [1.54, 1.807) is 0 Å². The quantitative estimate of drug-likeness (QED) is 0.495. The molecule has 0 aliphatic rings. The third-order valence-corrected chi connectivity index (χ3v) is 2.97. The summed E-state index contributed by atoms with van der Waals surface area (Å²) >= 11 is 0.156. The fourth-order valence-corrected chi connectivity index (χ4v) is 2.05. The van der Waals surface area contributed by atoms with Gasteiger partial charge in [0.25, 0.3) is 0 Å². The molecular formula is C11H16AlO. The van der Waals surface area contributed by atoms with Crippen LogP contribution < -0.4 is 3.79 Å². The molecule has 0 bridgehead atoms. The van der Waals surface area contributed by atoms with Crippen LogP contribution in [0, 0.1) is 0 Å². The van der Waals surface area contributed by atoms with Gasteiger partial charge in [0, 0.05) is 0 Å². The smallest absolute Gasteiger partial charge is 0.523 e. The summed E-state index contributed by atoms with van der Waals surface area (Å²) in [5, 5.41) is 1.25. The number of benzene rings is 1. The first-order valence-corrected chi connectivity index (χ1v) is 6.25. The zero-order chi connectivity index (χ0) is 9.36. The van der Waals surface area contributed by atoms with Crippen LogP contribution in [0.2, 0.25) is 5.28 Å². The molecule has 1 aromatic rings. The molecule has 0 fully saturated rings. The zero-order valence-electron chi connectivity index (χ0n) is 8.20. The van der Waals surface area contributed by atoms with E-state index in [1.807, 2.05) is 30.3 Å². The van der Waals surface area contributed by atoms with Gasteiger partial charge in [-0.25, -0.2) is 0 Å². The van der Waals surface area contributed by atoms with Crippen LogP contribution >= 0.6 is 0 Å². The van der Waals surface area contributed by atoms with Crippen molar-refractivity contribution in [2.45, 2.75) is 31.5 Å². The highest BCUT2D eigenvalue weighted by atomic mass is 27.1. The second kappa shape index (κ2) is 7.00. The second-order valence-corrected chi connectivity index (χ2v) is 4.24. The highest BCUT2D eigenvalue weighted by molar-refractivity contribution is 6.28. The van der Waals surface area contributed by atoms with Gasteiger partial charge in [0.1, 0.15) is 0 Å². The zero-order valence-corrected chi connectivity index (χ0v) is 9.36. The lowest BCUT2D eigenvalue weighted by atomic mass is 10.3. The lowest BCUT2D eigenvalue weighted by molar-refractivity contribution is 0.585. The Hall–Kier alpha value is -0.448. The van der Waals surface area contributed by atoms with Crippen LogP contribution in [-0.4, -0.2) is 15.6 Å². The number of unbranched alkanes of at least 4 members (excludes halogenated alkanes) is 2. The van der Waals surface area contributed by atoms with Crippen molar-refractivity contribution in [1.29, 1.82) is 0 Å². The van der Waals surface area contributed by atoms with E-state index in [0.717, 1.165) is 5.75 Å². The highest BCUT2D eigenvalue weighted by Gasteiger charge is 1.96. The van der Waals surface area contributed by atoms with Crippen LogP contribution in [0.1, 0.15) is 26.2 Å². The standard InChI is InChI=1S/C6H6O.C5H11.Al/c7-6-4-2-1-3-5-6;1-3-5-4-2;/h1-5,7H;1,3-5H2,2H3;/q;;+1/p-1. The maximum absolute atomic E-state index is 5.64. The van der Waals surface area contributed by atoms with Crippen LogP contribution in [-0.2, 0) is 0 Å². The van der Waals surface area contributed by atoms with Gasteiger partial charge in [0.15, 0.2) is 0 Å². The Morgan fingerprint density at radius 2 is 1.92 bits per heavy atom. The molecule has 0 saturated carbocycles. The normalized spacial score (nSPS) is 9.62. The topological polar surface area (TPSA) is 9.23 Å². The van der Waals surface area contributed by atoms with Crippen LogP contribution in [0.4, 0.5) is 0 Å². The Morgan fingerprint density at radius 1 is 1.15 bits per heavy atom. The fraction of sp³-hybridized carbons (Fsp3) is 0.455. The number of para-hydroxylation sites is 1. The van der Waals surface area contributed by atoms with Crippen molar-refractivity contribution in [1.82, 2.24) is 0 Å². The minimum atomic E-state index is 0.156. The van der Waals surface area contributed by atoms with Crippen LogP contribution in [0.15, 0.2) is 30.3 Å². The Labute approximate surface area is 87.2 Å².